The fourth-order valence-corrected chi connectivity index (χ4v) is 4.77. The summed E-state index contributed by atoms with van der Waals surface area (Å²) < 4.78 is 7.56. The van der Waals surface area contributed by atoms with E-state index >= 15 is 0 Å². The molecule has 176 valence electrons. The van der Waals surface area contributed by atoms with Crippen LogP contribution in [0.25, 0.3) is 22.0 Å². The maximum Gasteiger partial charge on any atom is 0.253 e. The lowest BCUT2D eigenvalue weighted by atomic mass is 10.0. The van der Waals surface area contributed by atoms with Gasteiger partial charge in [0.1, 0.15) is 5.75 Å². The molecule has 2 aromatic heterocycles. The number of carbonyl (C=O) groups excluding carboxylic acids is 1. The molecule has 2 aromatic carbocycles. The highest BCUT2D eigenvalue weighted by molar-refractivity contribution is 6.07. The summed E-state index contributed by atoms with van der Waals surface area (Å²) in [7, 11) is 1.65. The van der Waals surface area contributed by atoms with E-state index in [1.165, 1.54) is 12.8 Å². The van der Waals surface area contributed by atoms with E-state index in [1.54, 1.807) is 7.11 Å². The molecular formula is C27H31N5O2. The molecule has 34 heavy (non-hydrogen) atoms. The van der Waals surface area contributed by atoms with Gasteiger partial charge in [0.15, 0.2) is 0 Å². The topological polar surface area (TPSA) is 75.2 Å². The molecule has 7 heteroatoms. The lowest BCUT2D eigenvalue weighted by Gasteiger charge is -2.15. The number of hydrogen-bond acceptors (Lipinski definition) is 4. The van der Waals surface area contributed by atoms with Gasteiger partial charge >= 0.3 is 0 Å². The molecule has 1 aliphatic heterocycles. The number of amides is 1. The molecule has 5 rings (SSSR count). The third-order valence-corrected chi connectivity index (χ3v) is 6.76. The predicted molar refractivity (Wildman–Crippen MR) is 134 cm³/mol. The molecule has 1 saturated heterocycles. The lowest BCUT2D eigenvalue weighted by Crippen LogP contribution is -2.26. The number of aromatic amines is 1. The van der Waals surface area contributed by atoms with Gasteiger partial charge in [0, 0.05) is 41.9 Å². The van der Waals surface area contributed by atoms with Crippen LogP contribution in [0.3, 0.4) is 0 Å². The average molecular weight is 458 g/mol. The first-order chi connectivity index (χ1) is 16.6. The molecule has 2 N–H and O–H groups in total. The van der Waals surface area contributed by atoms with Crippen LogP contribution in [0.5, 0.6) is 5.75 Å². The van der Waals surface area contributed by atoms with E-state index in [2.05, 4.69) is 43.2 Å². The molecule has 1 atom stereocenters. The summed E-state index contributed by atoms with van der Waals surface area (Å²) >= 11 is 0. The van der Waals surface area contributed by atoms with Crippen LogP contribution in [-0.2, 0) is 6.54 Å². The number of nitrogens with one attached hydrogen (secondary N) is 2. The zero-order valence-corrected chi connectivity index (χ0v) is 19.8. The highest BCUT2D eigenvalue weighted by Crippen LogP contribution is 2.28. The van der Waals surface area contributed by atoms with Crippen LogP contribution in [0.2, 0.25) is 0 Å². The van der Waals surface area contributed by atoms with E-state index in [0.717, 1.165) is 59.5 Å². The lowest BCUT2D eigenvalue weighted by molar-refractivity contribution is 0.0941. The molecule has 1 fully saturated rings. The number of likely N-dealkylation sites (tertiary alicyclic amines) is 1. The van der Waals surface area contributed by atoms with Crippen molar-refractivity contribution in [2.45, 2.75) is 32.4 Å². The summed E-state index contributed by atoms with van der Waals surface area (Å²) in [5.74, 6) is 0.709. The Hall–Kier alpha value is -3.58. The maximum absolute atomic E-state index is 13.4. The Morgan fingerprint density at radius 3 is 2.76 bits per heavy atom. The first kappa shape index (κ1) is 22.2. The van der Waals surface area contributed by atoms with Gasteiger partial charge < -0.3 is 19.5 Å². The number of ether oxygens (including phenoxy) is 1. The number of rotatable bonds is 8. The van der Waals surface area contributed by atoms with Crippen LogP contribution in [-0.4, -0.2) is 52.3 Å². The summed E-state index contributed by atoms with van der Waals surface area (Å²) in [6.45, 7) is 6.15. The molecule has 4 aromatic rings. The van der Waals surface area contributed by atoms with Crippen LogP contribution in [0.15, 0.2) is 61.1 Å². The molecule has 1 amide bonds. The van der Waals surface area contributed by atoms with Crippen molar-refractivity contribution in [1.82, 2.24) is 25.0 Å². The van der Waals surface area contributed by atoms with Gasteiger partial charge in [-0.15, -0.1) is 0 Å². The van der Waals surface area contributed by atoms with E-state index in [-0.39, 0.29) is 11.9 Å². The van der Waals surface area contributed by atoms with Crippen molar-refractivity contribution in [3.63, 3.8) is 0 Å². The minimum Gasteiger partial charge on any atom is -0.497 e. The normalized spacial score (nSPS) is 15.0. The van der Waals surface area contributed by atoms with Crippen molar-refractivity contribution in [3.8, 4) is 16.9 Å². The van der Waals surface area contributed by atoms with Gasteiger partial charge in [-0.3, -0.25) is 9.89 Å². The van der Waals surface area contributed by atoms with Gasteiger partial charge in [0.25, 0.3) is 5.91 Å². The zero-order chi connectivity index (χ0) is 23.5. The smallest absolute Gasteiger partial charge is 0.253 e. The van der Waals surface area contributed by atoms with Gasteiger partial charge in [0.2, 0.25) is 0 Å². The number of nitrogens with zero attached hydrogens (tertiary/aromatic N) is 3. The highest BCUT2D eigenvalue weighted by atomic mass is 16.5. The Labute approximate surface area is 199 Å². The molecule has 0 spiro atoms. The average Bonchev–Trinajstić information content (AvgIpc) is 3.64. The van der Waals surface area contributed by atoms with Gasteiger partial charge in [0.05, 0.1) is 24.9 Å². The molecule has 0 bridgehead atoms. The quantitative estimate of drug-likeness (QED) is 0.405. The molecule has 0 radical (unpaired) electrons. The Morgan fingerprint density at radius 1 is 1.15 bits per heavy atom. The number of methoxy groups -OCH3 is 1. The number of carbonyl (C=O) groups is 1. The summed E-state index contributed by atoms with van der Waals surface area (Å²) in [6.07, 6.45) is 8.26. The third-order valence-electron chi connectivity index (χ3n) is 6.76. The standard InChI is InChI=1S/C27H31N5O2/c1-19(20-6-5-7-23(14-20)34-2)30-27(33)25-18-32(13-12-31-10-3-4-11-31)26-15-21(8-9-24(25)26)22-16-28-29-17-22/h5-9,14-19H,3-4,10-13H2,1-2H3,(H,28,29)(H,30,33)/t19-/m1/s1. The molecule has 1 aliphatic rings. The minimum atomic E-state index is -0.143. The van der Waals surface area contributed by atoms with Gasteiger partial charge in [-0.25, -0.2) is 0 Å². The van der Waals surface area contributed by atoms with E-state index in [1.807, 2.05) is 49.8 Å². The van der Waals surface area contributed by atoms with Crippen LogP contribution in [0.4, 0.5) is 0 Å². The second-order valence-electron chi connectivity index (χ2n) is 8.98. The Morgan fingerprint density at radius 2 is 2.00 bits per heavy atom. The Bertz CT molecular complexity index is 1270. The van der Waals surface area contributed by atoms with Gasteiger partial charge in [-0.1, -0.05) is 24.3 Å². The molecule has 0 aliphatic carbocycles. The van der Waals surface area contributed by atoms with Crippen molar-refractivity contribution < 1.29 is 9.53 Å². The largest absolute Gasteiger partial charge is 0.497 e. The third kappa shape index (κ3) is 4.56. The molecule has 3 heterocycles. The fraction of sp³-hybridized carbons (Fsp3) is 0.333. The molecular weight excluding hydrogens is 426 g/mol. The number of H-pyrrole nitrogens is 1. The predicted octanol–water partition coefficient (Wildman–Crippen LogP) is 4.63. The number of aromatic nitrogens is 3. The molecule has 0 unspecified atom stereocenters. The van der Waals surface area contributed by atoms with Gasteiger partial charge in [-0.05, 0) is 62.2 Å². The van der Waals surface area contributed by atoms with Crippen molar-refractivity contribution >= 4 is 16.8 Å². The van der Waals surface area contributed by atoms with Crippen LogP contribution < -0.4 is 10.1 Å². The highest BCUT2D eigenvalue weighted by Gasteiger charge is 2.19. The minimum absolute atomic E-state index is 0.0729. The number of fused-ring (bicyclic) bond motifs is 1. The van der Waals surface area contributed by atoms with Crippen LogP contribution in [0.1, 0.15) is 41.7 Å². The summed E-state index contributed by atoms with van der Waals surface area (Å²) in [6, 6.07) is 13.9. The first-order valence-electron chi connectivity index (χ1n) is 11.9. The van der Waals surface area contributed by atoms with Crippen LogP contribution >= 0.6 is 0 Å². The summed E-state index contributed by atoms with van der Waals surface area (Å²) in [5, 5.41) is 11.1. The zero-order valence-electron chi connectivity index (χ0n) is 19.8. The maximum atomic E-state index is 13.4. The van der Waals surface area contributed by atoms with E-state index < -0.39 is 0 Å². The van der Waals surface area contributed by atoms with Crippen LogP contribution in [0, 0.1) is 0 Å². The summed E-state index contributed by atoms with van der Waals surface area (Å²) in [4.78, 5) is 15.9. The Kier molecular flexibility index (Phi) is 6.36. The summed E-state index contributed by atoms with van der Waals surface area (Å²) in [5.41, 5.74) is 4.89. The van der Waals surface area contributed by atoms with E-state index in [4.69, 9.17) is 4.74 Å². The number of benzene rings is 2. The van der Waals surface area contributed by atoms with E-state index in [9.17, 15) is 4.79 Å². The second-order valence-corrected chi connectivity index (χ2v) is 8.98. The van der Waals surface area contributed by atoms with Crippen molar-refractivity contribution in [3.05, 3.63) is 72.2 Å². The van der Waals surface area contributed by atoms with Crippen molar-refractivity contribution in [1.29, 1.82) is 0 Å². The fourth-order valence-electron chi connectivity index (χ4n) is 4.77. The molecule has 0 saturated carbocycles. The second kappa shape index (κ2) is 9.73. The monoisotopic (exact) mass is 457 g/mol. The van der Waals surface area contributed by atoms with Gasteiger partial charge in [-0.2, -0.15) is 5.10 Å². The van der Waals surface area contributed by atoms with E-state index in [0.29, 0.717) is 5.56 Å². The molecule has 7 nitrogen and oxygen atoms in total. The number of hydrogen-bond donors (Lipinski definition) is 2. The SMILES string of the molecule is COc1cccc([C@@H](C)NC(=O)c2cn(CCN3CCCC3)c3cc(-c4cn[nH]c4)ccc23)c1. The Balaban J connectivity index is 1.44. The van der Waals surface area contributed by atoms with Crippen molar-refractivity contribution in [2.75, 3.05) is 26.7 Å². The van der Waals surface area contributed by atoms with Crippen molar-refractivity contribution in [2.24, 2.45) is 0 Å². The first-order valence-corrected chi connectivity index (χ1v) is 11.9.